The molecule has 1 aromatic heterocycles. The van der Waals surface area contributed by atoms with Crippen molar-refractivity contribution in [3.8, 4) is 6.07 Å². The van der Waals surface area contributed by atoms with Gasteiger partial charge in [-0.15, -0.1) is 0 Å². The molecular weight excluding hydrogens is 248 g/mol. The summed E-state index contributed by atoms with van der Waals surface area (Å²) in [7, 11) is 0. The summed E-state index contributed by atoms with van der Waals surface area (Å²) in [5.74, 6) is 2.84. The minimum Gasteiger partial charge on any atom is -0.357 e. The summed E-state index contributed by atoms with van der Waals surface area (Å²) in [6.45, 7) is 4.60. The van der Waals surface area contributed by atoms with Crippen molar-refractivity contribution in [1.29, 1.82) is 5.26 Å². The van der Waals surface area contributed by atoms with E-state index in [1.807, 2.05) is 12.1 Å². The largest absolute Gasteiger partial charge is 0.357 e. The van der Waals surface area contributed by atoms with E-state index in [0.717, 1.165) is 30.7 Å². The molecule has 106 valence electrons. The van der Waals surface area contributed by atoms with Crippen molar-refractivity contribution in [3.05, 3.63) is 23.9 Å². The molecule has 1 N–H and O–H groups in total. The van der Waals surface area contributed by atoms with Crippen LogP contribution in [0, 0.1) is 23.2 Å². The molecule has 0 atom stereocenters. The molecule has 0 spiro atoms. The van der Waals surface area contributed by atoms with Crippen LogP contribution in [0.4, 0.5) is 5.82 Å². The van der Waals surface area contributed by atoms with Gasteiger partial charge in [0.05, 0.1) is 5.56 Å². The van der Waals surface area contributed by atoms with Crippen molar-refractivity contribution in [2.75, 3.05) is 31.1 Å². The lowest BCUT2D eigenvalue weighted by molar-refractivity contribution is 0.222. The Balaban J connectivity index is 1.56. The first kappa shape index (κ1) is 13.4. The van der Waals surface area contributed by atoms with Crippen molar-refractivity contribution >= 4 is 5.82 Å². The van der Waals surface area contributed by atoms with Crippen LogP contribution in [0.1, 0.15) is 31.2 Å². The average molecular weight is 270 g/mol. The zero-order valence-electron chi connectivity index (χ0n) is 11.9. The van der Waals surface area contributed by atoms with Gasteiger partial charge in [-0.2, -0.15) is 5.26 Å². The molecule has 1 aromatic rings. The average Bonchev–Trinajstić information content (AvgIpc) is 2.56. The van der Waals surface area contributed by atoms with E-state index in [-0.39, 0.29) is 0 Å². The summed E-state index contributed by atoms with van der Waals surface area (Å²) in [4.78, 5) is 6.76. The molecule has 2 aliphatic rings. The molecule has 0 amide bonds. The zero-order valence-corrected chi connectivity index (χ0v) is 11.9. The van der Waals surface area contributed by atoms with Crippen LogP contribution < -0.4 is 10.2 Å². The molecule has 2 fully saturated rings. The van der Waals surface area contributed by atoms with E-state index >= 15 is 0 Å². The van der Waals surface area contributed by atoms with E-state index < -0.39 is 0 Å². The molecular formula is C16H22N4. The van der Waals surface area contributed by atoms with Crippen molar-refractivity contribution in [3.63, 3.8) is 0 Å². The molecule has 0 aliphatic carbocycles. The maximum atomic E-state index is 8.81. The summed E-state index contributed by atoms with van der Waals surface area (Å²) < 4.78 is 0. The van der Waals surface area contributed by atoms with Gasteiger partial charge >= 0.3 is 0 Å². The second-order valence-electron chi connectivity index (χ2n) is 5.93. The standard InChI is InChI=1S/C16H22N4/c17-11-13-1-2-16(19-12-13)20-9-5-15(6-10-20)14-3-7-18-8-4-14/h1-2,12,14-15,18H,3-10H2. The number of piperidine rings is 2. The van der Waals surface area contributed by atoms with Crippen LogP contribution in [-0.2, 0) is 0 Å². The normalized spacial score (nSPS) is 21.6. The third-order valence-corrected chi connectivity index (χ3v) is 4.79. The zero-order chi connectivity index (χ0) is 13.8. The Morgan fingerprint density at radius 3 is 2.40 bits per heavy atom. The van der Waals surface area contributed by atoms with Crippen LogP contribution in [0.5, 0.6) is 0 Å². The monoisotopic (exact) mass is 270 g/mol. The number of nitrogens with one attached hydrogen (secondary N) is 1. The van der Waals surface area contributed by atoms with Gasteiger partial charge in [0.15, 0.2) is 0 Å². The lowest BCUT2D eigenvalue weighted by atomic mass is 9.79. The van der Waals surface area contributed by atoms with Crippen molar-refractivity contribution in [2.24, 2.45) is 11.8 Å². The molecule has 0 aromatic carbocycles. The molecule has 0 unspecified atom stereocenters. The van der Waals surface area contributed by atoms with E-state index in [1.54, 1.807) is 6.20 Å². The molecule has 0 bridgehead atoms. The molecule has 3 heterocycles. The number of anilines is 1. The third kappa shape index (κ3) is 2.94. The van der Waals surface area contributed by atoms with Crippen molar-refractivity contribution in [2.45, 2.75) is 25.7 Å². The Morgan fingerprint density at radius 1 is 1.10 bits per heavy atom. The molecule has 4 heteroatoms. The fraction of sp³-hybridized carbons (Fsp3) is 0.625. The Bertz CT molecular complexity index is 462. The third-order valence-electron chi connectivity index (χ3n) is 4.79. The number of rotatable bonds is 2. The number of pyridine rings is 1. The van der Waals surface area contributed by atoms with Gasteiger partial charge in [0.25, 0.3) is 0 Å². The molecule has 0 radical (unpaired) electrons. The van der Waals surface area contributed by atoms with E-state index in [9.17, 15) is 0 Å². The molecule has 0 saturated carbocycles. The van der Waals surface area contributed by atoms with E-state index in [1.165, 1.54) is 38.8 Å². The Kier molecular flexibility index (Phi) is 4.17. The smallest absolute Gasteiger partial charge is 0.128 e. The minimum absolute atomic E-state index is 0.637. The number of hydrogen-bond donors (Lipinski definition) is 1. The maximum absolute atomic E-state index is 8.81. The van der Waals surface area contributed by atoms with Gasteiger partial charge in [0.2, 0.25) is 0 Å². The number of hydrogen-bond acceptors (Lipinski definition) is 4. The van der Waals surface area contributed by atoms with E-state index in [2.05, 4.69) is 21.3 Å². The SMILES string of the molecule is N#Cc1ccc(N2CCC(C3CCNCC3)CC2)nc1. The summed E-state index contributed by atoms with van der Waals surface area (Å²) in [5.41, 5.74) is 0.637. The van der Waals surface area contributed by atoms with Gasteiger partial charge in [0.1, 0.15) is 11.9 Å². The predicted octanol–water partition coefficient (Wildman–Crippen LogP) is 2.17. The number of nitrogens with zero attached hydrogens (tertiary/aromatic N) is 3. The fourth-order valence-electron chi connectivity index (χ4n) is 3.55. The summed E-state index contributed by atoms with van der Waals surface area (Å²) in [6.07, 6.45) is 6.94. The first-order valence-electron chi connectivity index (χ1n) is 7.68. The maximum Gasteiger partial charge on any atom is 0.128 e. The van der Waals surface area contributed by atoms with E-state index in [0.29, 0.717) is 5.56 Å². The fourth-order valence-corrected chi connectivity index (χ4v) is 3.55. The molecule has 2 saturated heterocycles. The highest BCUT2D eigenvalue weighted by molar-refractivity contribution is 5.42. The van der Waals surface area contributed by atoms with Gasteiger partial charge in [0, 0.05) is 19.3 Å². The summed E-state index contributed by atoms with van der Waals surface area (Å²) in [5, 5.41) is 12.3. The van der Waals surface area contributed by atoms with Gasteiger partial charge in [-0.25, -0.2) is 4.98 Å². The number of nitriles is 1. The quantitative estimate of drug-likeness (QED) is 0.895. The topological polar surface area (TPSA) is 52.0 Å². The van der Waals surface area contributed by atoms with Crippen molar-refractivity contribution in [1.82, 2.24) is 10.3 Å². The van der Waals surface area contributed by atoms with Gasteiger partial charge in [-0.05, 0) is 62.7 Å². The highest BCUT2D eigenvalue weighted by Crippen LogP contribution is 2.31. The molecule has 4 nitrogen and oxygen atoms in total. The Hall–Kier alpha value is -1.60. The lowest BCUT2D eigenvalue weighted by Gasteiger charge is -2.38. The summed E-state index contributed by atoms with van der Waals surface area (Å²) >= 11 is 0. The minimum atomic E-state index is 0.637. The highest BCUT2D eigenvalue weighted by atomic mass is 15.2. The van der Waals surface area contributed by atoms with Crippen LogP contribution in [0.15, 0.2) is 18.3 Å². The van der Waals surface area contributed by atoms with Gasteiger partial charge in [-0.3, -0.25) is 0 Å². The molecule has 20 heavy (non-hydrogen) atoms. The van der Waals surface area contributed by atoms with Crippen LogP contribution >= 0.6 is 0 Å². The second-order valence-corrected chi connectivity index (χ2v) is 5.93. The van der Waals surface area contributed by atoms with Crippen molar-refractivity contribution < 1.29 is 0 Å². The number of aromatic nitrogens is 1. The Labute approximate surface area is 120 Å². The van der Waals surface area contributed by atoms with Gasteiger partial charge < -0.3 is 10.2 Å². The molecule has 2 aliphatic heterocycles. The second kappa shape index (κ2) is 6.23. The Morgan fingerprint density at radius 2 is 1.80 bits per heavy atom. The predicted molar refractivity (Wildman–Crippen MR) is 79.5 cm³/mol. The summed E-state index contributed by atoms with van der Waals surface area (Å²) in [6, 6.07) is 5.96. The first-order valence-corrected chi connectivity index (χ1v) is 7.68. The van der Waals surface area contributed by atoms with Crippen LogP contribution in [0.25, 0.3) is 0 Å². The van der Waals surface area contributed by atoms with Crippen LogP contribution in [0.2, 0.25) is 0 Å². The molecule has 3 rings (SSSR count). The first-order chi connectivity index (χ1) is 9.86. The van der Waals surface area contributed by atoms with E-state index in [4.69, 9.17) is 5.26 Å². The highest BCUT2D eigenvalue weighted by Gasteiger charge is 2.27. The van der Waals surface area contributed by atoms with Crippen LogP contribution in [0.3, 0.4) is 0 Å². The van der Waals surface area contributed by atoms with Gasteiger partial charge in [-0.1, -0.05) is 0 Å². The van der Waals surface area contributed by atoms with Crippen LogP contribution in [-0.4, -0.2) is 31.2 Å². The lowest BCUT2D eigenvalue weighted by Crippen LogP contribution is -2.39.